The van der Waals surface area contributed by atoms with Gasteiger partial charge in [0.15, 0.2) is 5.69 Å². The summed E-state index contributed by atoms with van der Waals surface area (Å²) >= 11 is 0. The van der Waals surface area contributed by atoms with Crippen LogP contribution >= 0.6 is 0 Å². The van der Waals surface area contributed by atoms with E-state index in [0.29, 0.717) is 11.4 Å². The third kappa shape index (κ3) is 6.60. The lowest BCUT2D eigenvalue weighted by molar-refractivity contribution is -0.392. The highest BCUT2D eigenvalue weighted by Crippen LogP contribution is 2.36. The number of hydrogen-bond donors (Lipinski definition) is 5. The predicted molar refractivity (Wildman–Crippen MR) is 120 cm³/mol. The van der Waals surface area contributed by atoms with E-state index >= 15 is 0 Å². The van der Waals surface area contributed by atoms with Crippen LogP contribution < -0.4 is 20.7 Å². The zero-order valence-corrected chi connectivity index (χ0v) is 18.2. The Labute approximate surface area is 192 Å². The first-order valence-electron chi connectivity index (χ1n) is 9.82. The highest BCUT2D eigenvalue weighted by molar-refractivity contribution is 5.99. The first-order valence-corrected chi connectivity index (χ1v) is 9.82. The number of carbonyl (C=O) groups is 2. The highest BCUT2D eigenvalue weighted by atomic mass is 16.6. The van der Waals surface area contributed by atoms with Crippen LogP contribution in [0.1, 0.15) is 17.3 Å². The summed E-state index contributed by atoms with van der Waals surface area (Å²) in [5.41, 5.74) is -2.17. The van der Waals surface area contributed by atoms with Crippen molar-refractivity contribution in [2.45, 2.75) is 19.1 Å². The van der Waals surface area contributed by atoms with Crippen LogP contribution in [0.4, 0.5) is 22.7 Å². The summed E-state index contributed by atoms with van der Waals surface area (Å²) in [6.45, 7) is 0.336. The van der Waals surface area contributed by atoms with Gasteiger partial charge in [0, 0.05) is 24.4 Å². The van der Waals surface area contributed by atoms with Gasteiger partial charge in [-0.3, -0.25) is 29.8 Å². The number of nitrogens with zero attached hydrogens (tertiary/aromatic N) is 2. The van der Waals surface area contributed by atoms with Crippen molar-refractivity contribution in [2.24, 2.45) is 0 Å². The van der Waals surface area contributed by atoms with Crippen molar-refractivity contribution in [3.8, 4) is 5.75 Å². The number of amides is 2. The Morgan fingerprint density at radius 3 is 2.12 bits per heavy atom. The smallest absolute Gasteiger partial charge is 0.300 e. The zero-order chi connectivity index (χ0) is 25.4. The maximum atomic E-state index is 12.5. The molecule has 2 amide bonds. The van der Waals surface area contributed by atoms with Gasteiger partial charge in [-0.15, -0.1) is 0 Å². The zero-order valence-electron chi connectivity index (χ0n) is 18.2. The number of nitro groups is 2. The lowest BCUT2D eigenvalue weighted by Gasteiger charge is -2.16. The minimum absolute atomic E-state index is 0.376. The van der Waals surface area contributed by atoms with Crippen LogP contribution in [0.15, 0.2) is 36.4 Å². The second kappa shape index (κ2) is 11.5. The molecule has 0 spiro atoms. The number of nitro benzene ring substituents is 2. The third-order valence-corrected chi connectivity index (χ3v) is 4.57. The maximum Gasteiger partial charge on any atom is 0.300 e. The van der Waals surface area contributed by atoms with E-state index in [2.05, 4.69) is 16.0 Å². The Hall–Kier alpha value is -4.30. The first kappa shape index (κ1) is 26.0. The summed E-state index contributed by atoms with van der Waals surface area (Å²) in [4.78, 5) is 46.2. The SMILES string of the molecule is COc1ccc(NC(=O)C(C)Nc2c([N+](=O)[O-])cc(C(=O)NCC(O)CO)cc2[N+](=O)[O-])cc1. The van der Waals surface area contributed by atoms with Crippen molar-refractivity contribution in [1.29, 1.82) is 0 Å². The van der Waals surface area contributed by atoms with Crippen molar-refractivity contribution in [2.75, 3.05) is 30.9 Å². The predicted octanol–water partition coefficient (Wildman–Crippen LogP) is 1.03. The molecule has 2 aromatic carbocycles. The van der Waals surface area contributed by atoms with E-state index < -0.39 is 63.0 Å². The van der Waals surface area contributed by atoms with Gasteiger partial charge in [-0.2, -0.15) is 0 Å². The number of hydrogen-bond acceptors (Lipinski definition) is 10. The van der Waals surface area contributed by atoms with Gasteiger partial charge in [0.1, 0.15) is 11.8 Å². The molecule has 0 saturated heterocycles. The van der Waals surface area contributed by atoms with Gasteiger partial charge in [0.05, 0.1) is 35.2 Å². The van der Waals surface area contributed by atoms with Gasteiger partial charge in [0.25, 0.3) is 17.3 Å². The number of methoxy groups -OCH3 is 1. The van der Waals surface area contributed by atoms with Crippen molar-refractivity contribution in [3.63, 3.8) is 0 Å². The molecular formula is C20H23N5O9. The van der Waals surface area contributed by atoms with E-state index in [4.69, 9.17) is 9.84 Å². The van der Waals surface area contributed by atoms with Crippen molar-refractivity contribution in [3.05, 3.63) is 62.2 Å². The molecule has 14 heteroatoms. The maximum absolute atomic E-state index is 12.5. The minimum atomic E-state index is -1.28. The van der Waals surface area contributed by atoms with Crippen LogP contribution in [0.3, 0.4) is 0 Å². The molecule has 0 fully saturated rings. The van der Waals surface area contributed by atoms with Crippen LogP contribution in [0, 0.1) is 20.2 Å². The van der Waals surface area contributed by atoms with E-state index in [1.54, 1.807) is 24.3 Å². The molecule has 0 aromatic heterocycles. The highest BCUT2D eigenvalue weighted by Gasteiger charge is 2.31. The summed E-state index contributed by atoms with van der Waals surface area (Å²) in [5, 5.41) is 48.6. The minimum Gasteiger partial charge on any atom is -0.497 e. The Morgan fingerprint density at radius 2 is 1.65 bits per heavy atom. The number of anilines is 2. The van der Waals surface area contributed by atoms with Crippen molar-refractivity contribution in [1.82, 2.24) is 5.32 Å². The van der Waals surface area contributed by atoms with Crippen molar-refractivity contribution >= 4 is 34.6 Å². The molecule has 2 rings (SSSR count). The van der Waals surface area contributed by atoms with Gasteiger partial charge >= 0.3 is 0 Å². The fourth-order valence-electron chi connectivity index (χ4n) is 2.76. The lowest BCUT2D eigenvalue weighted by atomic mass is 10.1. The molecule has 2 atom stereocenters. The molecule has 0 saturated carbocycles. The van der Waals surface area contributed by atoms with Gasteiger partial charge in [-0.1, -0.05) is 0 Å². The fourth-order valence-corrected chi connectivity index (χ4v) is 2.76. The largest absolute Gasteiger partial charge is 0.497 e. The topological polar surface area (TPSA) is 206 Å². The second-order valence-corrected chi connectivity index (χ2v) is 7.03. The van der Waals surface area contributed by atoms with E-state index in [1.165, 1.54) is 14.0 Å². The molecular weight excluding hydrogens is 454 g/mol. The van der Waals surface area contributed by atoms with Crippen LogP contribution in [-0.4, -0.2) is 64.3 Å². The molecule has 5 N–H and O–H groups in total. The number of carbonyl (C=O) groups excluding carboxylic acids is 2. The number of rotatable bonds is 11. The molecule has 2 aromatic rings. The summed E-state index contributed by atoms with van der Waals surface area (Å²) < 4.78 is 5.03. The van der Waals surface area contributed by atoms with Gasteiger partial charge in [-0.05, 0) is 31.2 Å². The monoisotopic (exact) mass is 477 g/mol. The van der Waals surface area contributed by atoms with E-state index in [0.717, 1.165) is 12.1 Å². The molecule has 34 heavy (non-hydrogen) atoms. The Balaban J connectivity index is 2.31. The third-order valence-electron chi connectivity index (χ3n) is 4.57. The number of ether oxygens (including phenoxy) is 1. The number of aliphatic hydroxyl groups is 2. The van der Waals surface area contributed by atoms with Crippen molar-refractivity contribution < 1.29 is 34.4 Å². The molecule has 0 aliphatic rings. The molecule has 182 valence electrons. The van der Waals surface area contributed by atoms with E-state index in [-0.39, 0.29) is 6.54 Å². The van der Waals surface area contributed by atoms with E-state index in [1.807, 2.05) is 0 Å². The van der Waals surface area contributed by atoms with E-state index in [9.17, 15) is 34.9 Å². The van der Waals surface area contributed by atoms with Crippen LogP contribution in [0.2, 0.25) is 0 Å². The summed E-state index contributed by atoms with van der Waals surface area (Å²) in [6.07, 6.45) is -1.28. The van der Waals surface area contributed by atoms with Crippen LogP contribution in [0.5, 0.6) is 5.75 Å². The number of nitrogens with one attached hydrogen (secondary N) is 3. The van der Waals surface area contributed by atoms with Crippen LogP contribution in [0.25, 0.3) is 0 Å². The Bertz CT molecular complexity index is 1040. The fraction of sp³-hybridized carbons (Fsp3) is 0.300. The first-order chi connectivity index (χ1) is 16.1. The lowest BCUT2D eigenvalue weighted by Crippen LogP contribution is -2.34. The average molecular weight is 477 g/mol. The second-order valence-electron chi connectivity index (χ2n) is 7.03. The van der Waals surface area contributed by atoms with Gasteiger partial charge in [0.2, 0.25) is 5.91 Å². The normalized spacial score (nSPS) is 12.2. The summed E-state index contributed by atoms with van der Waals surface area (Å²) in [7, 11) is 1.48. The average Bonchev–Trinajstić information content (AvgIpc) is 2.82. The summed E-state index contributed by atoms with van der Waals surface area (Å²) in [6, 6.07) is 6.82. The van der Waals surface area contributed by atoms with Gasteiger partial charge < -0.3 is 30.9 Å². The molecule has 0 radical (unpaired) electrons. The Morgan fingerprint density at radius 1 is 1.09 bits per heavy atom. The quantitative estimate of drug-likeness (QED) is 0.229. The molecule has 0 bridgehead atoms. The van der Waals surface area contributed by atoms with Crippen LogP contribution in [-0.2, 0) is 4.79 Å². The number of aliphatic hydroxyl groups excluding tert-OH is 2. The molecule has 0 aliphatic heterocycles. The molecule has 0 heterocycles. The molecule has 14 nitrogen and oxygen atoms in total. The molecule has 2 unspecified atom stereocenters. The summed E-state index contributed by atoms with van der Waals surface area (Å²) in [5.74, 6) is -1.01. The molecule has 0 aliphatic carbocycles. The Kier molecular flexibility index (Phi) is 8.80. The standard InChI is InChI=1S/C20H23N5O9/c1-11(19(28)23-13-3-5-15(34-2)6-4-13)22-18-16(24(30)31)7-12(8-17(18)25(32)33)20(29)21-9-14(27)10-26/h3-8,11,14,22,26-27H,9-10H2,1-2H3,(H,21,29)(H,23,28). The van der Waals surface area contributed by atoms with Gasteiger partial charge in [-0.25, -0.2) is 0 Å². The number of benzene rings is 2.